The molecular weight excluding hydrogens is 432 g/mol. The number of piperazine rings is 1. The van der Waals surface area contributed by atoms with Crippen LogP contribution in [0.4, 0.5) is 11.5 Å². The lowest BCUT2D eigenvalue weighted by Crippen LogP contribution is -2.47. The van der Waals surface area contributed by atoms with E-state index in [0.29, 0.717) is 6.54 Å². The molecule has 1 aliphatic rings. The van der Waals surface area contributed by atoms with Crippen LogP contribution in [-0.2, 0) is 0 Å². The van der Waals surface area contributed by atoms with E-state index >= 15 is 0 Å². The number of aliphatic hydroxyl groups is 1. The monoisotopic (exact) mass is 458 g/mol. The molecule has 0 unspecified atom stereocenters. The lowest BCUT2D eigenvalue weighted by Gasteiger charge is -2.35. The molecule has 1 N–H and O–H groups in total. The Morgan fingerprint density at radius 1 is 1.00 bits per heavy atom. The molecule has 2 aromatic heterocycles. The summed E-state index contributed by atoms with van der Waals surface area (Å²) in [5, 5.41) is 25.3. The van der Waals surface area contributed by atoms with Crippen LogP contribution in [0.25, 0.3) is 28.0 Å². The summed E-state index contributed by atoms with van der Waals surface area (Å²) in [5.41, 5.74) is 5.27. The Labute approximate surface area is 197 Å². The largest absolute Gasteiger partial charge is 0.395 e. The van der Waals surface area contributed by atoms with Crippen molar-refractivity contribution in [1.82, 2.24) is 19.5 Å². The molecule has 2 aromatic carbocycles. The number of nitro groups is 1. The van der Waals surface area contributed by atoms with Crippen LogP contribution in [0.3, 0.4) is 0 Å². The van der Waals surface area contributed by atoms with Crippen LogP contribution < -0.4 is 4.90 Å². The predicted molar refractivity (Wildman–Crippen MR) is 131 cm³/mol. The average Bonchev–Trinajstić information content (AvgIpc) is 3.20. The predicted octanol–water partition coefficient (Wildman–Crippen LogP) is 3.39. The molecule has 174 valence electrons. The molecule has 0 spiro atoms. The van der Waals surface area contributed by atoms with Crippen molar-refractivity contribution in [2.24, 2.45) is 0 Å². The number of hydrogen-bond acceptors (Lipinski definition) is 7. The fraction of sp³-hybridized carbons (Fsp3) is 0.280. The lowest BCUT2D eigenvalue weighted by molar-refractivity contribution is -0.384. The number of anilines is 1. The molecule has 0 aliphatic carbocycles. The Kier molecular flexibility index (Phi) is 5.95. The topological polar surface area (TPSA) is 100 Å². The number of β-amino-alcohol motifs (C(OH)–C–C–N with tert-alkyl or cyclic N) is 1. The zero-order valence-corrected chi connectivity index (χ0v) is 19.0. The SMILES string of the molecule is Cc1nn2c(N3CCN(CCO)CC3)cc(-c3ccc([N+](=O)[O-])cc3)nc2c1-c1ccccc1. The second-order valence-electron chi connectivity index (χ2n) is 8.42. The van der Waals surface area contributed by atoms with Crippen LogP contribution in [0, 0.1) is 17.0 Å². The van der Waals surface area contributed by atoms with E-state index in [2.05, 4.69) is 21.9 Å². The number of nitro benzene ring substituents is 1. The maximum atomic E-state index is 11.1. The maximum Gasteiger partial charge on any atom is 0.269 e. The molecule has 0 bridgehead atoms. The second kappa shape index (κ2) is 9.20. The van der Waals surface area contributed by atoms with Gasteiger partial charge < -0.3 is 10.0 Å². The van der Waals surface area contributed by atoms with Gasteiger partial charge in [-0.2, -0.15) is 9.61 Å². The van der Waals surface area contributed by atoms with Gasteiger partial charge in [0.1, 0.15) is 5.82 Å². The van der Waals surface area contributed by atoms with Crippen molar-refractivity contribution in [3.8, 4) is 22.4 Å². The number of hydrogen-bond donors (Lipinski definition) is 1. The van der Waals surface area contributed by atoms with Crippen molar-refractivity contribution in [1.29, 1.82) is 0 Å². The first-order valence-electron chi connectivity index (χ1n) is 11.3. The summed E-state index contributed by atoms with van der Waals surface area (Å²) in [5.74, 6) is 0.937. The van der Waals surface area contributed by atoms with E-state index in [4.69, 9.17) is 10.1 Å². The normalized spacial score (nSPS) is 14.6. The van der Waals surface area contributed by atoms with Crippen LogP contribution in [0.1, 0.15) is 5.69 Å². The summed E-state index contributed by atoms with van der Waals surface area (Å²) in [4.78, 5) is 20.2. The Bertz CT molecular complexity index is 1310. The van der Waals surface area contributed by atoms with Crippen molar-refractivity contribution >= 4 is 17.2 Å². The molecule has 9 nitrogen and oxygen atoms in total. The molecule has 34 heavy (non-hydrogen) atoms. The van der Waals surface area contributed by atoms with Crippen molar-refractivity contribution in [3.05, 3.63) is 76.5 Å². The van der Waals surface area contributed by atoms with Crippen LogP contribution in [0.5, 0.6) is 0 Å². The highest BCUT2D eigenvalue weighted by Gasteiger charge is 2.23. The lowest BCUT2D eigenvalue weighted by atomic mass is 10.1. The van der Waals surface area contributed by atoms with Gasteiger partial charge >= 0.3 is 0 Å². The standard InChI is InChI=1S/C25H26N6O3/c1-18-24(20-5-3-2-4-6-20)25-26-22(19-7-9-21(10-8-19)31(33)34)17-23(30(25)27-18)29-13-11-28(12-14-29)15-16-32/h2-10,17,32H,11-16H2,1H3. The number of aliphatic hydroxyl groups excluding tert-OH is 1. The van der Waals surface area contributed by atoms with Crippen molar-refractivity contribution in [2.75, 3.05) is 44.2 Å². The second-order valence-corrected chi connectivity index (χ2v) is 8.42. The van der Waals surface area contributed by atoms with E-state index in [1.54, 1.807) is 12.1 Å². The summed E-state index contributed by atoms with van der Waals surface area (Å²) in [6.07, 6.45) is 0. The maximum absolute atomic E-state index is 11.1. The van der Waals surface area contributed by atoms with Gasteiger partial charge in [0, 0.05) is 62.0 Å². The van der Waals surface area contributed by atoms with Crippen LogP contribution in [0.15, 0.2) is 60.7 Å². The molecule has 0 saturated carbocycles. The van der Waals surface area contributed by atoms with Gasteiger partial charge in [-0.05, 0) is 24.6 Å². The smallest absolute Gasteiger partial charge is 0.269 e. The van der Waals surface area contributed by atoms with Gasteiger partial charge in [-0.3, -0.25) is 15.0 Å². The van der Waals surface area contributed by atoms with Crippen molar-refractivity contribution < 1.29 is 10.0 Å². The summed E-state index contributed by atoms with van der Waals surface area (Å²) in [7, 11) is 0. The minimum Gasteiger partial charge on any atom is -0.395 e. The van der Waals surface area contributed by atoms with Gasteiger partial charge in [-0.25, -0.2) is 4.98 Å². The van der Waals surface area contributed by atoms with Gasteiger partial charge in [0.2, 0.25) is 0 Å². The number of fused-ring (bicyclic) bond motifs is 1. The minimum absolute atomic E-state index is 0.0511. The minimum atomic E-state index is -0.397. The molecule has 1 aliphatic heterocycles. The summed E-state index contributed by atoms with van der Waals surface area (Å²) < 4.78 is 1.91. The third-order valence-corrected chi connectivity index (χ3v) is 6.29. The zero-order chi connectivity index (χ0) is 23.7. The van der Waals surface area contributed by atoms with Crippen molar-refractivity contribution in [2.45, 2.75) is 6.92 Å². The molecule has 3 heterocycles. The zero-order valence-electron chi connectivity index (χ0n) is 19.0. The molecule has 5 rings (SSSR count). The number of non-ortho nitro benzene ring substituents is 1. The summed E-state index contributed by atoms with van der Waals surface area (Å²) in [6, 6.07) is 18.6. The average molecular weight is 459 g/mol. The molecule has 0 atom stereocenters. The Morgan fingerprint density at radius 2 is 1.71 bits per heavy atom. The van der Waals surface area contributed by atoms with Gasteiger partial charge in [-0.15, -0.1) is 0 Å². The van der Waals surface area contributed by atoms with E-state index in [1.165, 1.54) is 12.1 Å². The van der Waals surface area contributed by atoms with Crippen molar-refractivity contribution in [3.63, 3.8) is 0 Å². The van der Waals surface area contributed by atoms with E-state index in [9.17, 15) is 15.2 Å². The Morgan fingerprint density at radius 3 is 2.35 bits per heavy atom. The van der Waals surface area contributed by atoms with Crippen LogP contribution in [-0.4, -0.2) is 68.9 Å². The quantitative estimate of drug-likeness (QED) is 0.349. The number of nitrogens with zero attached hydrogens (tertiary/aromatic N) is 6. The number of rotatable bonds is 6. The van der Waals surface area contributed by atoms with Crippen LogP contribution in [0.2, 0.25) is 0 Å². The van der Waals surface area contributed by atoms with Crippen LogP contribution >= 0.6 is 0 Å². The number of benzene rings is 2. The number of aromatic nitrogens is 3. The van der Waals surface area contributed by atoms with Gasteiger partial charge in [0.25, 0.3) is 5.69 Å². The van der Waals surface area contributed by atoms with E-state index in [0.717, 1.165) is 65.7 Å². The molecule has 4 aromatic rings. The van der Waals surface area contributed by atoms with E-state index in [-0.39, 0.29) is 12.3 Å². The van der Waals surface area contributed by atoms with Gasteiger partial charge in [0.15, 0.2) is 5.65 Å². The molecule has 1 saturated heterocycles. The fourth-order valence-corrected chi connectivity index (χ4v) is 4.52. The highest BCUT2D eigenvalue weighted by atomic mass is 16.6. The Balaban J connectivity index is 1.65. The molecule has 1 fully saturated rings. The first-order chi connectivity index (χ1) is 16.5. The first-order valence-corrected chi connectivity index (χ1v) is 11.3. The summed E-state index contributed by atoms with van der Waals surface area (Å²) in [6.45, 7) is 6.13. The van der Waals surface area contributed by atoms with E-state index in [1.807, 2.05) is 35.7 Å². The molecule has 0 radical (unpaired) electrons. The third-order valence-electron chi connectivity index (χ3n) is 6.29. The Hall–Kier alpha value is -3.82. The highest BCUT2D eigenvalue weighted by molar-refractivity contribution is 5.83. The van der Waals surface area contributed by atoms with Gasteiger partial charge in [-0.1, -0.05) is 30.3 Å². The number of aryl methyl sites for hydroxylation is 1. The van der Waals surface area contributed by atoms with E-state index < -0.39 is 4.92 Å². The third kappa shape index (κ3) is 4.11. The molecule has 9 heteroatoms. The van der Waals surface area contributed by atoms with Gasteiger partial charge in [0.05, 0.1) is 22.9 Å². The molecule has 0 amide bonds. The summed E-state index contributed by atoms with van der Waals surface area (Å²) >= 11 is 0. The first kappa shape index (κ1) is 22.0. The highest BCUT2D eigenvalue weighted by Crippen LogP contribution is 2.33. The molecular formula is C25H26N6O3. The fourth-order valence-electron chi connectivity index (χ4n) is 4.52.